The Morgan fingerprint density at radius 1 is 1.21 bits per heavy atom. The van der Waals surface area contributed by atoms with Gasteiger partial charge in [0.25, 0.3) is 5.56 Å². The van der Waals surface area contributed by atoms with Gasteiger partial charge in [-0.05, 0) is 37.7 Å². The summed E-state index contributed by atoms with van der Waals surface area (Å²) in [6, 6.07) is 0. The number of hydrogen-bond donors (Lipinski definition) is 2. The summed E-state index contributed by atoms with van der Waals surface area (Å²) in [6.07, 6.45) is -0.489. The van der Waals surface area contributed by atoms with Crippen molar-refractivity contribution in [2.24, 2.45) is 11.3 Å². The number of fused-ring (bicyclic) bond motifs is 1. The third kappa shape index (κ3) is 6.43. The molecule has 2 heterocycles. The molecule has 0 aromatic carbocycles. The fourth-order valence-corrected chi connectivity index (χ4v) is 2.77. The number of carbonyl (C=O) groups excluding carboxylic acids is 1. The number of halogens is 3. The van der Waals surface area contributed by atoms with E-state index in [4.69, 9.17) is 0 Å². The van der Waals surface area contributed by atoms with Gasteiger partial charge in [-0.25, -0.2) is 5.10 Å². The Balaban J connectivity index is 0.000000238. The molecule has 2 N–H and O–H groups in total. The minimum absolute atomic E-state index is 0.0278. The molecule has 1 aromatic heterocycles. The molecular formula is C20H32F3N3O2. The number of rotatable bonds is 3. The summed E-state index contributed by atoms with van der Waals surface area (Å²) in [5.41, 5.74) is -1.80. The molecule has 1 saturated heterocycles. The van der Waals surface area contributed by atoms with Gasteiger partial charge < -0.3 is 5.32 Å². The second-order valence-corrected chi connectivity index (χ2v) is 7.85. The van der Waals surface area contributed by atoms with Crippen molar-refractivity contribution >= 4 is 5.78 Å². The summed E-state index contributed by atoms with van der Waals surface area (Å²) < 4.78 is 37.4. The summed E-state index contributed by atoms with van der Waals surface area (Å²) in [6.45, 7) is 12.1. The van der Waals surface area contributed by atoms with Crippen LogP contribution in [-0.4, -0.2) is 29.1 Å². The lowest BCUT2D eigenvalue weighted by Crippen LogP contribution is -2.55. The number of aryl methyl sites for hydroxylation is 1. The van der Waals surface area contributed by atoms with Crippen LogP contribution in [0.4, 0.5) is 13.2 Å². The van der Waals surface area contributed by atoms with Gasteiger partial charge >= 0.3 is 6.18 Å². The highest BCUT2D eigenvalue weighted by Gasteiger charge is 2.39. The lowest BCUT2D eigenvalue weighted by molar-refractivity contribution is -0.139. The quantitative estimate of drug-likeness (QED) is 0.803. The molecule has 0 bridgehead atoms. The summed E-state index contributed by atoms with van der Waals surface area (Å²) in [7, 11) is 0. The van der Waals surface area contributed by atoms with E-state index in [1.54, 1.807) is 6.92 Å². The third-order valence-corrected chi connectivity index (χ3v) is 5.57. The van der Waals surface area contributed by atoms with Crippen molar-refractivity contribution < 1.29 is 18.0 Å². The molecule has 8 heteroatoms. The van der Waals surface area contributed by atoms with Crippen molar-refractivity contribution in [2.75, 3.05) is 13.1 Å². The summed E-state index contributed by atoms with van der Waals surface area (Å²) in [5.74, 6) is 1.24. The monoisotopic (exact) mass is 403 g/mol. The lowest BCUT2D eigenvalue weighted by Gasteiger charge is -2.36. The van der Waals surface area contributed by atoms with Gasteiger partial charge in [0.15, 0.2) is 0 Å². The average molecular weight is 403 g/mol. The van der Waals surface area contributed by atoms with Crippen LogP contribution in [0.3, 0.4) is 0 Å². The van der Waals surface area contributed by atoms with E-state index in [9.17, 15) is 22.8 Å². The molecular weight excluding hydrogens is 371 g/mol. The zero-order chi connectivity index (χ0) is 21.5. The van der Waals surface area contributed by atoms with E-state index in [0.717, 1.165) is 19.0 Å². The van der Waals surface area contributed by atoms with Crippen LogP contribution in [-0.2, 0) is 23.8 Å². The van der Waals surface area contributed by atoms with Crippen molar-refractivity contribution in [1.29, 1.82) is 0 Å². The van der Waals surface area contributed by atoms with E-state index >= 15 is 0 Å². The average Bonchev–Trinajstić information content (AvgIpc) is 3.06. The minimum atomic E-state index is -4.58. The topological polar surface area (TPSA) is 74.8 Å². The van der Waals surface area contributed by atoms with E-state index < -0.39 is 17.3 Å². The molecule has 1 aliphatic carbocycles. The van der Waals surface area contributed by atoms with E-state index in [1.165, 1.54) is 12.8 Å². The molecule has 0 radical (unpaired) electrons. The zero-order valence-electron chi connectivity index (χ0n) is 17.4. The first-order valence-corrected chi connectivity index (χ1v) is 9.85. The number of nitrogens with zero attached hydrogens (tertiary/aromatic N) is 1. The molecule has 0 amide bonds. The number of H-pyrrole nitrogens is 1. The molecule has 160 valence electrons. The van der Waals surface area contributed by atoms with Crippen LogP contribution in [0.5, 0.6) is 0 Å². The Morgan fingerprint density at radius 3 is 2.11 bits per heavy atom. The Morgan fingerprint density at radius 2 is 1.79 bits per heavy atom. The maximum absolute atomic E-state index is 12.5. The second kappa shape index (κ2) is 10.2. The Bertz CT molecular complexity index is 706. The molecule has 0 atom stereocenters. The molecule has 0 saturated carbocycles. The molecule has 2 aliphatic rings. The number of Topliss-reactive ketones (excluding diaryl/α,β-unsaturated/α-hetero) is 1. The fourth-order valence-electron chi connectivity index (χ4n) is 2.77. The summed E-state index contributed by atoms with van der Waals surface area (Å²) in [4.78, 5) is 21.7. The van der Waals surface area contributed by atoms with Crippen LogP contribution < -0.4 is 10.9 Å². The highest BCUT2D eigenvalue weighted by atomic mass is 19.4. The summed E-state index contributed by atoms with van der Waals surface area (Å²) in [5, 5.41) is 8.54. The lowest BCUT2D eigenvalue weighted by atomic mass is 9.81. The van der Waals surface area contributed by atoms with Gasteiger partial charge in [-0.3, -0.25) is 9.59 Å². The number of aromatic amines is 1. The Hall–Kier alpha value is -1.70. The molecule has 1 fully saturated rings. The molecule has 3 rings (SSSR count). The first-order valence-electron chi connectivity index (χ1n) is 9.85. The van der Waals surface area contributed by atoms with Gasteiger partial charge in [0.05, 0.1) is 11.1 Å². The molecule has 1 aliphatic heterocycles. The van der Waals surface area contributed by atoms with Crippen LogP contribution in [0.25, 0.3) is 0 Å². The van der Waals surface area contributed by atoms with Crippen LogP contribution in [0, 0.1) is 11.3 Å². The van der Waals surface area contributed by atoms with Crippen molar-refractivity contribution in [3.8, 4) is 0 Å². The molecule has 1 aromatic rings. The minimum Gasteiger partial charge on any atom is -0.315 e. The Kier molecular flexibility index (Phi) is 8.85. The second-order valence-electron chi connectivity index (χ2n) is 7.85. The van der Waals surface area contributed by atoms with Gasteiger partial charge in [0.1, 0.15) is 11.3 Å². The highest BCUT2D eigenvalue weighted by molar-refractivity contribution is 5.83. The zero-order valence-corrected chi connectivity index (χ0v) is 17.4. The van der Waals surface area contributed by atoms with E-state index in [0.29, 0.717) is 30.7 Å². The largest absolute Gasteiger partial charge is 0.422 e. The maximum Gasteiger partial charge on any atom is 0.422 e. The number of alkyl halides is 3. The number of nitrogens with one attached hydrogen (secondary N) is 2. The molecule has 0 unspecified atom stereocenters. The number of ketones is 1. The smallest absolute Gasteiger partial charge is 0.315 e. The normalized spacial score (nSPS) is 16.9. The predicted molar refractivity (Wildman–Crippen MR) is 103 cm³/mol. The molecule has 28 heavy (non-hydrogen) atoms. The van der Waals surface area contributed by atoms with E-state index in [-0.39, 0.29) is 11.0 Å². The number of hydrogen-bond acceptors (Lipinski definition) is 4. The van der Waals surface area contributed by atoms with Crippen LogP contribution in [0.2, 0.25) is 0 Å². The number of carbonyl (C=O) groups is 1. The standard InChI is InChI=1S/C8H7F3N2O.C6H11NO.C6H14/c9-8(10,11)6-4-2-1-3-5(4)12-13-7(6)14;1-5(8)6(2)3-7-4-6;1-4-6(3)5-2/h1-3H2,(H,13,14);7H,3-4H2,1-2H3;6H,4-5H2,1-3H3. The van der Waals surface area contributed by atoms with Crippen molar-refractivity contribution in [3.63, 3.8) is 0 Å². The van der Waals surface area contributed by atoms with Gasteiger partial charge in [-0.15, -0.1) is 0 Å². The van der Waals surface area contributed by atoms with Crippen LogP contribution in [0.1, 0.15) is 70.7 Å². The van der Waals surface area contributed by atoms with Crippen molar-refractivity contribution in [3.05, 3.63) is 27.2 Å². The fraction of sp³-hybridized carbons (Fsp3) is 0.750. The van der Waals surface area contributed by atoms with E-state index in [1.807, 2.05) is 12.0 Å². The maximum atomic E-state index is 12.5. The molecule has 0 spiro atoms. The van der Waals surface area contributed by atoms with Gasteiger partial charge in [0, 0.05) is 13.1 Å². The van der Waals surface area contributed by atoms with Crippen LogP contribution in [0.15, 0.2) is 4.79 Å². The molecule has 5 nitrogen and oxygen atoms in total. The SMILES string of the molecule is CC(=O)C1(C)CNC1.CCC(C)CC.O=c1[nH]nc2c(c1C(F)(F)F)CCC2. The van der Waals surface area contributed by atoms with Gasteiger partial charge in [-0.2, -0.15) is 18.3 Å². The number of aromatic nitrogens is 2. The third-order valence-electron chi connectivity index (χ3n) is 5.57. The first-order chi connectivity index (χ1) is 13.0. The highest BCUT2D eigenvalue weighted by Crippen LogP contribution is 2.33. The summed E-state index contributed by atoms with van der Waals surface area (Å²) >= 11 is 0. The first kappa shape index (κ1) is 24.3. The van der Waals surface area contributed by atoms with E-state index in [2.05, 4.69) is 31.2 Å². The van der Waals surface area contributed by atoms with Gasteiger partial charge in [-0.1, -0.05) is 40.5 Å². The van der Waals surface area contributed by atoms with Crippen LogP contribution >= 0.6 is 0 Å². The van der Waals surface area contributed by atoms with Crippen molar-refractivity contribution in [2.45, 2.75) is 72.9 Å². The Labute approximate surface area is 164 Å². The predicted octanol–water partition coefficient (Wildman–Crippen LogP) is 3.90. The van der Waals surface area contributed by atoms with Gasteiger partial charge in [0.2, 0.25) is 0 Å². The van der Waals surface area contributed by atoms with Crippen molar-refractivity contribution in [1.82, 2.24) is 15.5 Å².